The van der Waals surface area contributed by atoms with E-state index in [1.165, 1.54) is 11.3 Å². The van der Waals surface area contributed by atoms with Crippen LogP contribution in [0, 0.1) is 0 Å². The Morgan fingerprint density at radius 3 is 2.71 bits per heavy atom. The van der Waals surface area contributed by atoms with E-state index < -0.39 is 0 Å². The van der Waals surface area contributed by atoms with Crippen molar-refractivity contribution in [2.45, 2.75) is 10.9 Å². The predicted molar refractivity (Wildman–Crippen MR) is 78.4 cm³/mol. The van der Waals surface area contributed by atoms with E-state index in [2.05, 4.69) is 0 Å². The van der Waals surface area contributed by atoms with Gasteiger partial charge in [0, 0.05) is 26.6 Å². The molecule has 17 heavy (non-hydrogen) atoms. The fourth-order valence-corrected chi connectivity index (χ4v) is 3.71. The minimum absolute atomic E-state index is 0.0106. The molecule has 2 N–H and O–H groups in total. The topological polar surface area (TPSA) is 26.0 Å². The standard InChI is InChI=1S/C12H11Cl2NS2/c13-8-2-1-3-9(6-8)16-7-10(15)11-4-5-12(14)17-11/h1-6,10H,7,15H2. The van der Waals surface area contributed by atoms with Crippen molar-refractivity contribution in [2.75, 3.05) is 5.75 Å². The highest BCUT2D eigenvalue weighted by Gasteiger charge is 2.09. The predicted octanol–water partition coefficient (Wildman–Crippen LogP) is 4.85. The molecule has 0 spiro atoms. The Kier molecular flexibility index (Phi) is 4.77. The van der Waals surface area contributed by atoms with Crippen molar-refractivity contribution in [3.8, 4) is 0 Å². The SMILES string of the molecule is NC(CSc1cccc(Cl)c1)c1ccc(Cl)s1. The molecule has 5 heteroatoms. The monoisotopic (exact) mass is 303 g/mol. The number of hydrogen-bond acceptors (Lipinski definition) is 3. The Hall–Kier alpha value is -0.190. The van der Waals surface area contributed by atoms with E-state index in [0.29, 0.717) is 0 Å². The van der Waals surface area contributed by atoms with E-state index in [0.717, 1.165) is 24.9 Å². The second kappa shape index (κ2) is 6.12. The molecule has 0 amide bonds. The van der Waals surface area contributed by atoms with Gasteiger partial charge in [-0.15, -0.1) is 23.1 Å². The summed E-state index contributed by atoms with van der Waals surface area (Å²) in [5.74, 6) is 0.817. The van der Waals surface area contributed by atoms with Gasteiger partial charge < -0.3 is 5.73 Å². The molecule has 0 aliphatic carbocycles. The molecule has 0 bridgehead atoms. The molecule has 2 aromatic rings. The Labute approximate surface area is 119 Å². The molecule has 1 nitrogen and oxygen atoms in total. The van der Waals surface area contributed by atoms with Gasteiger partial charge in [0.25, 0.3) is 0 Å². The molecule has 0 radical (unpaired) electrons. The summed E-state index contributed by atoms with van der Waals surface area (Å²) >= 11 is 15.0. The normalized spacial score (nSPS) is 12.6. The number of thiophene rings is 1. The Balaban J connectivity index is 1.94. The van der Waals surface area contributed by atoms with Gasteiger partial charge in [-0.1, -0.05) is 29.3 Å². The van der Waals surface area contributed by atoms with Crippen molar-refractivity contribution in [3.63, 3.8) is 0 Å². The number of benzene rings is 1. The second-order valence-corrected chi connectivity index (χ2v) is 6.79. The Morgan fingerprint density at radius 2 is 2.06 bits per heavy atom. The summed E-state index contributed by atoms with van der Waals surface area (Å²) in [5.41, 5.74) is 6.09. The van der Waals surface area contributed by atoms with Crippen molar-refractivity contribution in [1.29, 1.82) is 0 Å². The van der Waals surface area contributed by atoms with Gasteiger partial charge in [0.05, 0.1) is 4.34 Å². The minimum atomic E-state index is 0.0106. The van der Waals surface area contributed by atoms with Gasteiger partial charge in [-0.3, -0.25) is 0 Å². The fraction of sp³-hybridized carbons (Fsp3) is 0.167. The van der Waals surface area contributed by atoms with Crippen LogP contribution in [-0.4, -0.2) is 5.75 Å². The summed E-state index contributed by atoms with van der Waals surface area (Å²) in [6.07, 6.45) is 0. The van der Waals surface area contributed by atoms with E-state index in [4.69, 9.17) is 28.9 Å². The molecule has 0 saturated carbocycles. The lowest BCUT2D eigenvalue weighted by Gasteiger charge is -2.09. The van der Waals surface area contributed by atoms with Gasteiger partial charge in [-0.25, -0.2) is 0 Å². The quantitative estimate of drug-likeness (QED) is 0.817. The van der Waals surface area contributed by atoms with Crippen LogP contribution in [0.2, 0.25) is 9.36 Å². The lowest BCUT2D eigenvalue weighted by molar-refractivity contribution is 0.852. The molecule has 1 atom stereocenters. The number of nitrogens with two attached hydrogens (primary N) is 1. The summed E-state index contributed by atoms with van der Waals surface area (Å²) in [4.78, 5) is 2.25. The first-order valence-corrected chi connectivity index (χ1v) is 7.60. The largest absolute Gasteiger partial charge is 0.323 e. The van der Waals surface area contributed by atoms with E-state index in [-0.39, 0.29) is 6.04 Å². The van der Waals surface area contributed by atoms with Crippen molar-refractivity contribution >= 4 is 46.3 Å². The second-order valence-electron chi connectivity index (χ2n) is 3.52. The number of halogens is 2. The van der Waals surface area contributed by atoms with Crippen molar-refractivity contribution in [3.05, 3.63) is 50.6 Å². The molecule has 2 rings (SSSR count). The van der Waals surface area contributed by atoms with Crippen LogP contribution in [0.3, 0.4) is 0 Å². The molecule has 0 aliphatic rings. The molecular formula is C12H11Cl2NS2. The molecular weight excluding hydrogens is 293 g/mol. The maximum Gasteiger partial charge on any atom is 0.0931 e. The molecule has 0 saturated heterocycles. The number of thioether (sulfide) groups is 1. The zero-order chi connectivity index (χ0) is 12.3. The number of rotatable bonds is 4. The van der Waals surface area contributed by atoms with Crippen molar-refractivity contribution in [2.24, 2.45) is 5.73 Å². The lowest BCUT2D eigenvalue weighted by atomic mass is 10.3. The molecule has 0 fully saturated rings. The minimum Gasteiger partial charge on any atom is -0.323 e. The van der Waals surface area contributed by atoms with Crippen LogP contribution in [0.15, 0.2) is 41.3 Å². The zero-order valence-electron chi connectivity index (χ0n) is 8.90. The van der Waals surface area contributed by atoms with Gasteiger partial charge in [-0.05, 0) is 30.3 Å². The van der Waals surface area contributed by atoms with Crippen molar-refractivity contribution < 1.29 is 0 Å². The molecule has 1 unspecified atom stereocenters. The molecule has 1 aromatic carbocycles. The zero-order valence-corrected chi connectivity index (χ0v) is 12.0. The summed E-state index contributed by atoms with van der Waals surface area (Å²) in [6, 6.07) is 11.7. The fourth-order valence-electron chi connectivity index (χ4n) is 1.35. The van der Waals surface area contributed by atoms with Crippen LogP contribution in [0.1, 0.15) is 10.9 Å². The highest BCUT2D eigenvalue weighted by Crippen LogP contribution is 2.30. The molecule has 90 valence electrons. The summed E-state index contributed by atoms with van der Waals surface area (Å²) in [5, 5.41) is 0.753. The molecule has 1 aromatic heterocycles. The first kappa shape index (κ1) is 13.2. The molecule has 1 heterocycles. The highest BCUT2D eigenvalue weighted by molar-refractivity contribution is 7.99. The lowest BCUT2D eigenvalue weighted by Crippen LogP contribution is -2.11. The molecule has 0 aliphatic heterocycles. The summed E-state index contributed by atoms with van der Waals surface area (Å²) in [7, 11) is 0. The van der Waals surface area contributed by atoms with E-state index in [1.54, 1.807) is 11.8 Å². The summed E-state index contributed by atoms with van der Waals surface area (Å²) in [6.45, 7) is 0. The van der Waals surface area contributed by atoms with Crippen LogP contribution in [-0.2, 0) is 0 Å². The third-order valence-corrected chi connectivity index (χ3v) is 4.90. The smallest absolute Gasteiger partial charge is 0.0931 e. The van der Waals surface area contributed by atoms with Gasteiger partial charge in [0.2, 0.25) is 0 Å². The maximum absolute atomic E-state index is 6.09. The van der Waals surface area contributed by atoms with Crippen LogP contribution in [0.5, 0.6) is 0 Å². The van der Waals surface area contributed by atoms with Crippen LogP contribution >= 0.6 is 46.3 Å². The van der Waals surface area contributed by atoms with Gasteiger partial charge in [0.1, 0.15) is 0 Å². The van der Waals surface area contributed by atoms with E-state index >= 15 is 0 Å². The average molecular weight is 304 g/mol. The maximum atomic E-state index is 6.09. The van der Waals surface area contributed by atoms with E-state index in [1.807, 2.05) is 36.4 Å². The van der Waals surface area contributed by atoms with Gasteiger partial charge >= 0.3 is 0 Å². The van der Waals surface area contributed by atoms with Gasteiger partial charge in [-0.2, -0.15) is 0 Å². The third kappa shape index (κ3) is 3.90. The Bertz CT molecular complexity index is 499. The van der Waals surface area contributed by atoms with Crippen LogP contribution < -0.4 is 5.73 Å². The van der Waals surface area contributed by atoms with Crippen LogP contribution in [0.25, 0.3) is 0 Å². The first-order chi connectivity index (χ1) is 8.15. The van der Waals surface area contributed by atoms with Crippen LogP contribution in [0.4, 0.5) is 0 Å². The average Bonchev–Trinajstić information content (AvgIpc) is 2.73. The third-order valence-electron chi connectivity index (χ3n) is 2.19. The number of hydrogen-bond donors (Lipinski definition) is 1. The van der Waals surface area contributed by atoms with Crippen molar-refractivity contribution in [1.82, 2.24) is 0 Å². The van der Waals surface area contributed by atoms with Gasteiger partial charge in [0.15, 0.2) is 0 Å². The summed E-state index contributed by atoms with van der Waals surface area (Å²) < 4.78 is 0.781. The Morgan fingerprint density at radius 1 is 1.24 bits per heavy atom. The van der Waals surface area contributed by atoms with E-state index in [9.17, 15) is 0 Å². The first-order valence-electron chi connectivity index (χ1n) is 5.04. The highest BCUT2D eigenvalue weighted by atomic mass is 35.5.